The van der Waals surface area contributed by atoms with Crippen molar-refractivity contribution in [3.8, 4) is 0 Å². The molecule has 0 aliphatic carbocycles. The molecule has 0 saturated heterocycles. The van der Waals surface area contributed by atoms with Crippen molar-refractivity contribution in [1.29, 1.82) is 0 Å². The summed E-state index contributed by atoms with van der Waals surface area (Å²) in [5.41, 5.74) is 0. The van der Waals surface area contributed by atoms with Crippen molar-refractivity contribution in [2.24, 2.45) is 0 Å². The average Bonchev–Trinajstić information content (AvgIpc) is 2.75. The molecule has 0 spiro atoms. The van der Waals surface area contributed by atoms with Crippen LogP contribution in [0, 0.1) is 0 Å². The largest absolute Gasteiger partial charge is 1.00 e. The van der Waals surface area contributed by atoms with Gasteiger partial charge in [0, 0.05) is 0 Å². The smallest absolute Gasteiger partial charge is 0.248 e. The molecule has 0 atom stereocenters. The first-order valence-electron chi connectivity index (χ1n) is 13.7. The molecule has 0 fully saturated rings. The van der Waals surface area contributed by atoms with Crippen LogP contribution in [0.25, 0.3) is 0 Å². The third-order valence-electron chi connectivity index (χ3n) is 5.95. The van der Waals surface area contributed by atoms with Gasteiger partial charge >= 0.3 is 40.0 Å². The van der Waals surface area contributed by atoms with Crippen LogP contribution in [0.15, 0.2) is 0 Å². The van der Waals surface area contributed by atoms with E-state index in [1.54, 1.807) is 0 Å². The fourth-order valence-corrected chi connectivity index (χ4v) is 4.60. The van der Waals surface area contributed by atoms with Gasteiger partial charge in [0.05, 0.1) is 13.2 Å². The van der Waals surface area contributed by atoms with Gasteiger partial charge in [-0.25, -0.2) is 8.37 Å². The van der Waals surface area contributed by atoms with E-state index in [1.165, 1.54) is 109 Å². The van der Waals surface area contributed by atoms with Crippen LogP contribution < -0.4 is 29.6 Å². The van der Waals surface area contributed by atoms with Gasteiger partial charge in [0.25, 0.3) is 0 Å². The Hall–Kier alpha value is 0.870. The van der Waals surface area contributed by atoms with E-state index < -0.39 is 10.4 Å². The molecule has 0 saturated carbocycles. The van der Waals surface area contributed by atoms with Crippen molar-refractivity contribution in [2.75, 3.05) is 13.2 Å². The van der Waals surface area contributed by atoms with Crippen molar-refractivity contribution < 1.29 is 46.3 Å². The van der Waals surface area contributed by atoms with E-state index in [9.17, 15) is 8.42 Å². The molecule has 32 heavy (non-hydrogen) atoms. The molecule has 0 radical (unpaired) electrons. The summed E-state index contributed by atoms with van der Waals surface area (Å²) in [5, 5.41) is 0. The van der Waals surface area contributed by atoms with Crippen molar-refractivity contribution in [3.63, 3.8) is 0 Å². The summed E-state index contributed by atoms with van der Waals surface area (Å²) in [7, 11) is -3.81. The molecule has 0 rings (SSSR count). The second kappa shape index (κ2) is 28.1. The van der Waals surface area contributed by atoms with Gasteiger partial charge in [0.15, 0.2) is 0 Å². The molecule has 0 heterocycles. The topological polar surface area (TPSA) is 52.6 Å². The van der Waals surface area contributed by atoms with Gasteiger partial charge in [-0.15, -0.1) is 0 Å². The Labute approximate surface area is 224 Å². The van der Waals surface area contributed by atoms with Crippen molar-refractivity contribution in [3.05, 3.63) is 0 Å². The van der Waals surface area contributed by atoms with Crippen LogP contribution in [0.3, 0.4) is 0 Å². The van der Waals surface area contributed by atoms with E-state index in [2.05, 4.69) is 13.8 Å². The Kier molecular flexibility index (Phi) is 30.8. The summed E-state index contributed by atoms with van der Waals surface area (Å²) >= 11 is 0. The SMILES string of the molecule is CCCCCCCCCCCCCCOS(=O)(=O)OCCCCCCCCCCCC.[Na+]. The quantitative estimate of drug-likeness (QED) is 0.113. The molecule has 6 heteroatoms. The molecule has 4 nitrogen and oxygen atoms in total. The Bertz CT molecular complexity index is 443. The van der Waals surface area contributed by atoms with Crippen LogP contribution in [0.2, 0.25) is 0 Å². The maximum absolute atomic E-state index is 11.7. The average molecular weight is 486 g/mol. The Morgan fingerprint density at radius 3 is 0.875 bits per heavy atom. The summed E-state index contributed by atoms with van der Waals surface area (Å²) in [6.07, 6.45) is 27.3. The summed E-state index contributed by atoms with van der Waals surface area (Å²) < 4.78 is 33.4. The van der Waals surface area contributed by atoms with Gasteiger partial charge in [-0.3, -0.25) is 0 Å². The first-order valence-corrected chi connectivity index (χ1v) is 15.0. The molecule has 0 aromatic carbocycles. The van der Waals surface area contributed by atoms with E-state index in [0.29, 0.717) is 0 Å². The van der Waals surface area contributed by atoms with Gasteiger partial charge in [0.1, 0.15) is 0 Å². The third kappa shape index (κ3) is 28.9. The molecule has 188 valence electrons. The van der Waals surface area contributed by atoms with Crippen LogP contribution in [0.1, 0.15) is 155 Å². The molecular formula is C26H54NaO4S+. The van der Waals surface area contributed by atoms with E-state index in [4.69, 9.17) is 8.37 Å². The number of hydrogen-bond donors (Lipinski definition) is 0. The van der Waals surface area contributed by atoms with Crippen LogP contribution in [0.5, 0.6) is 0 Å². The van der Waals surface area contributed by atoms with Gasteiger partial charge in [0.2, 0.25) is 0 Å². The molecular weight excluding hydrogens is 431 g/mol. The summed E-state index contributed by atoms with van der Waals surface area (Å²) in [6, 6.07) is 0. The van der Waals surface area contributed by atoms with Gasteiger partial charge in [-0.05, 0) is 12.8 Å². The molecule has 0 unspecified atom stereocenters. The molecule has 0 bridgehead atoms. The minimum Gasteiger partial charge on any atom is -0.248 e. The molecule has 0 aromatic rings. The fraction of sp³-hybridized carbons (Fsp3) is 1.00. The zero-order valence-electron chi connectivity index (χ0n) is 22.0. The second-order valence-corrected chi connectivity index (χ2v) is 10.4. The van der Waals surface area contributed by atoms with Gasteiger partial charge in [-0.1, -0.05) is 142 Å². The van der Waals surface area contributed by atoms with Gasteiger partial charge < -0.3 is 0 Å². The van der Waals surface area contributed by atoms with Crippen molar-refractivity contribution >= 4 is 10.4 Å². The van der Waals surface area contributed by atoms with Crippen LogP contribution in [0.4, 0.5) is 0 Å². The Balaban J connectivity index is 0. The maximum Gasteiger partial charge on any atom is 1.00 e. The molecule has 0 aromatic heterocycles. The first kappa shape index (κ1) is 35.0. The Morgan fingerprint density at radius 2 is 0.625 bits per heavy atom. The summed E-state index contributed by atoms with van der Waals surface area (Å²) in [5.74, 6) is 0. The summed E-state index contributed by atoms with van der Waals surface area (Å²) in [6.45, 7) is 4.99. The minimum atomic E-state index is -3.81. The van der Waals surface area contributed by atoms with E-state index in [0.717, 1.165) is 32.1 Å². The molecule has 0 N–H and O–H groups in total. The minimum absolute atomic E-state index is 0. The number of rotatable bonds is 26. The molecule has 0 amide bonds. The maximum atomic E-state index is 11.7. The Morgan fingerprint density at radius 1 is 0.406 bits per heavy atom. The van der Waals surface area contributed by atoms with E-state index in [-0.39, 0.29) is 42.8 Å². The van der Waals surface area contributed by atoms with Crippen molar-refractivity contribution in [2.45, 2.75) is 155 Å². The second-order valence-electron chi connectivity index (χ2n) is 9.12. The third-order valence-corrected chi connectivity index (χ3v) is 6.86. The normalized spacial score (nSPS) is 11.6. The molecule has 0 aliphatic rings. The van der Waals surface area contributed by atoms with Crippen LogP contribution >= 0.6 is 0 Å². The zero-order valence-corrected chi connectivity index (χ0v) is 24.8. The van der Waals surface area contributed by atoms with Crippen molar-refractivity contribution in [1.82, 2.24) is 0 Å². The van der Waals surface area contributed by atoms with Gasteiger partial charge in [-0.2, -0.15) is 8.42 Å². The fourth-order valence-electron chi connectivity index (χ4n) is 3.89. The summed E-state index contributed by atoms with van der Waals surface area (Å²) in [4.78, 5) is 0. The van der Waals surface area contributed by atoms with E-state index in [1.807, 2.05) is 0 Å². The predicted molar refractivity (Wildman–Crippen MR) is 134 cm³/mol. The predicted octanol–water partition coefficient (Wildman–Crippen LogP) is 5.89. The number of unbranched alkanes of at least 4 members (excludes halogenated alkanes) is 20. The number of hydrogen-bond acceptors (Lipinski definition) is 4. The zero-order chi connectivity index (χ0) is 22.9. The monoisotopic (exact) mass is 485 g/mol. The van der Waals surface area contributed by atoms with Crippen LogP contribution in [-0.2, 0) is 18.8 Å². The van der Waals surface area contributed by atoms with Crippen LogP contribution in [-0.4, -0.2) is 21.6 Å². The molecule has 0 aliphatic heterocycles. The first-order chi connectivity index (χ1) is 15.1. The van der Waals surface area contributed by atoms with E-state index >= 15 is 0 Å². The standard InChI is InChI=1S/C26H54O4S.Na/c1-3-5-7-9-11-13-15-16-18-20-22-24-26-30-31(27,28)29-25-23-21-19-17-14-12-10-8-6-4-2;/h3-26H2,1-2H3;/q;+1.